The van der Waals surface area contributed by atoms with Gasteiger partial charge in [0.15, 0.2) is 0 Å². The maximum atomic E-state index is 13.1. The van der Waals surface area contributed by atoms with Crippen molar-refractivity contribution in [3.8, 4) is 5.75 Å². The lowest BCUT2D eigenvalue weighted by Gasteiger charge is -2.07. The fraction of sp³-hybridized carbons (Fsp3) is 0.133. The number of halogens is 1. The zero-order valence-electron chi connectivity index (χ0n) is 10.9. The monoisotopic (exact) mass is 275 g/mol. The summed E-state index contributed by atoms with van der Waals surface area (Å²) in [6.07, 6.45) is 0. The van der Waals surface area contributed by atoms with Crippen LogP contribution in [0.5, 0.6) is 5.75 Å². The van der Waals surface area contributed by atoms with Gasteiger partial charge in [0.05, 0.1) is 12.7 Å². The van der Waals surface area contributed by atoms with Crippen molar-refractivity contribution in [3.63, 3.8) is 0 Å². The summed E-state index contributed by atoms with van der Waals surface area (Å²) in [5.74, 6) is -0.470. The van der Waals surface area contributed by atoms with Crippen LogP contribution in [0, 0.1) is 5.82 Å². The Balaban J connectivity index is 2.02. The van der Waals surface area contributed by atoms with Crippen LogP contribution in [0.2, 0.25) is 0 Å². The highest BCUT2D eigenvalue weighted by Crippen LogP contribution is 2.16. The van der Waals surface area contributed by atoms with Crippen LogP contribution in [0.3, 0.4) is 0 Å². The van der Waals surface area contributed by atoms with Gasteiger partial charge in [-0.25, -0.2) is 9.18 Å². The Morgan fingerprint density at radius 2 is 1.90 bits per heavy atom. The van der Waals surface area contributed by atoms with Crippen LogP contribution in [0.15, 0.2) is 42.5 Å². The lowest BCUT2D eigenvalue weighted by Crippen LogP contribution is -2.08. The highest BCUT2D eigenvalue weighted by molar-refractivity contribution is 5.95. The largest absolute Gasteiger partial charge is 0.497 e. The highest BCUT2D eigenvalue weighted by Gasteiger charge is 2.12. The first-order chi connectivity index (χ1) is 9.60. The molecule has 0 aliphatic heterocycles. The number of benzene rings is 2. The summed E-state index contributed by atoms with van der Waals surface area (Å²) in [7, 11) is 1.57. The van der Waals surface area contributed by atoms with Gasteiger partial charge in [-0.2, -0.15) is 0 Å². The first kappa shape index (κ1) is 13.9. The average Bonchev–Trinajstić information content (AvgIpc) is 2.47. The van der Waals surface area contributed by atoms with Gasteiger partial charge in [0, 0.05) is 5.69 Å². The van der Waals surface area contributed by atoms with Crippen molar-refractivity contribution < 1.29 is 18.7 Å². The molecule has 2 aromatic rings. The van der Waals surface area contributed by atoms with Crippen molar-refractivity contribution in [3.05, 3.63) is 59.4 Å². The quantitative estimate of drug-likeness (QED) is 0.688. The molecule has 0 heterocycles. The van der Waals surface area contributed by atoms with Gasteiger partial charge in [-0.3, -0.25) is 0 Å². The number of ether oxygens (including phenoxy) is 2. The molecule has 0 radical (unpaired) electrons. The number of methoxy groups -OCH3 is 1. The van der Waals surface area contributed by atoms with E-state index in [4.69, 9.17) is 15.2 Å². The lowest BCUT2D eigenvalue weighted by atomic mass is 10.2. The zero-order valence-corrected chi connectivity index (χ0v) is 10.9. The molecular weight excluding hydrogens is 261 g/mol. The molecule has 20 heavy (non-hydrogen) atoms. The van der Waals surface area contributed by atoms with E-state index >= 15 is 0 Å². The van der Waals surface area contributed by atoms with Crippen molar-refractivity contribution in [2.24, 2.45) is 0 Å². The Kier molecular flexibility index (Phi) is 4.20. The van der Waals surface area contributed by atoms with Crippen molar-refractivity contribution in [1.82, 2.24) is 0 Å². The molecule has 0 spiro atoms. The van der Waals surface area contributed by atoms with E-state index in [1.54, 1.807) is 31.4 Å². The minimum atomic E-state index is -0.655. The first-order valence-electron chi connectivity index (χ1n) is 5.95. The first-order valence-corrected chi connectivity index (χ1v) is 5.95. The molecule has 0 atom stereocenters. The second-order valence-electron chi connectivity index (χ2n) is 4.16. The van der Waals surface area contributed by atoms with Crippen LogP contribution < -0.4 is 10.5 Å². The third-order valence-electron chi connectivity index (χ3n) is 2.76. The molecular formula is C15H14FNO3. The number of anilines is 1. The van der Waals surface area contributed by atoms with Crippen molar-refractivity contribution >= 4 is 11.7 Å². The van der Waals surface area contributed by atoms with E-state index in [0.717, 1.165) is 17.4 Å². The minimum Gasteiger partial charge on any atom is -0.497 e. The molecule has 0 bridgehead atoms. The van der Waals surface area contributed by atoms with Crippen molar-refractivity contribution in [1.29, 1.82) is 0 Å². The van der Waals surface area contributed by atoms with Crippen LogP contribution in [0.25, 0.3) is 0 Å². The van der Waals surface area contributed by atoms with Gasteiger partial charge >= 0.3 is 5.97 Å². The van der Waals surface area contributed by atoms with E-state index in [9.17, 15) is 9.18 Å². The van der Waals surface area contributed by atoms with Gasteiger partial charge in [-0.15, -0.1) is 0 Å². The predicted molar refractivity (Wildman–Crippen MR) is 72.9 cm³/mol. The molecule has 0 aromatic heterocycles. The molecule has 0 amide bonds. The number of esters is 1. The van der Waals surface area contributed by atoms with Gasteiger partial charge < -0.3 is 15.2 Å². The molecule has 0 aliphatic rings. The average molecular weight is 275 g/mol. The summed E-state index contributed by atoms with van der Waals surface area (Å²) >= 11 is 0. The van der Waals surface area contributed by atoms with Crippen LogP contribution in [0.1, 0.15) is 15.9 Å². The third-order valence-corrected chi connectivity index (χ3v) is 2.76. The number of nitrogen functional groups attached to an aromatic ring is 1. The van der Waals surface area contributed by atoms with E-state index in [1.807, 2.05) is 0 Å². The lowest BCUT2D eigenvalue weighted by molar-refractivity contribution is 0.0473. The number of hydrogen-bond donors (Lipinski definition) is 1. The number of nitrogens with two attached hydrogens (primary N) is 1. The standard InChI is InChI=1S/C15H14FNO3/c1-19-12-5-2-10(3-6-12)9-20-15(18)13-8-11(16)4-7-14(13)17/h2-8H,9,17H2,1H3. The number of carbonyl (C=O) groups excluding carboxylic acids is 1. The molecule has 2 N–H and O–H groups in total. The predicted octanol–water partition coefficient (Wildman–Crippen LogP) is 2.77. The normalized spacial score (nSPS) is 10.1. The zero-order chi connectivity index (χ0) is 14.5. The Bertz CT molecular complexity index is 611. The molecule has 104 valence electrons. The fourth-order valence-corrected chi connectivity index (χ4v) is 1.65. The summed E-state index contributed by atoms with van der Waals surface area (Å²) in [5.41, 5.74) is 6.63. The Morgan fingerprint density at radius 1 is 1.20 bits per heavy atom. The summed E-state index contributed by atoms with van der Waals surface area (Å²) in [5, 5.41) is 0. The van der Waals surface area contributed by atoms with Gasteiger partial charge in [0.2, 0.25) is 0 Å². The summed E-state index contributed by atoms with van der Waals surface area (Å²) in [6.45, 7) is 0.0821. The van der Waals surface area contributed by atoms with Gasteiger partial charge in [0.25, 0.3) is 0 Å². The molecule has 2 rings (SSSR count). The molecule has 0 aliphatic carbocycles. The minimum absolute atomic E-state index is 0.0264. The van der Waals surface area contributed by atoms with E-state index in [2.05, 4.69) is 0 Å². The third kappa shape index (κ3) is 3.26. The van der Waals surface area contributed by atoms with Gasteiger partial charge in [-0.1, -0.05) is 12.1 Å². The molecule has 0 saturated carbocycles. The van der Waals surface area contributed by atoms with Gasteiger partial charge in [-0.05, 0) is 35.9 Å². The SMILES string of the molecule is COc1ccc(COC(=O)c2cc(F)ccc2N)cc1. The highest BCUT2D eigenvalue weighted by atomic mass is 19.1. The summed E-state index contributed by atoms with van der Waals surface area (Å²) < 4.78 is 23.2. The summed E-state index contributed by atoms with van der Waals surface area (Å²) in [6, 6.07) is 10.7. The van der Waals surface area contributed by atoms with Crippen molar-refractivity contribution in [2.75, 3.05) is 12.8 Å². The van der Waals surface area contributed by atoms with Crippen LogP contribution in [-0.4, -0.2) is 13.1 Å². The fourth-order valence-electron chi connectivity index (χ4n) is 1.65. The van der Waals surface area contributed by atoms with Crippen molar-refractivity contribution in [2.45, 2.75) is 6.61 Å². The van der Waals surface area contributed by atoms with Crippen LogP contribution in [0.4, 0.5) is 10.1 Å². The molecule has 4 nitrogen and oxygen atoms in total. The van der Waals surface area contributed by atoms with E-state index in [1.165, 1.54) is 12.1 Å². The van der Waals surface area contributed by atoms with Crippen LogP contribution in [-0.2, 0) is 11.3 Å². The van der Waals surface area contributed by atoms with Crippen LogP contribution >= 0.6 is 0 Å². The topological polar surface area (TPSA) is 61.5 Å². The number of carbonyl (C=O) groups is 1. The van der Waals surface area contributed by atoms with E-state index < -0.39 is 11.8 Å². The maximum Gasteiger partial charge on any atom is 0.340 e. The molecule has 2 aromatic carbocycles. The maximum absolute atomic E-state index is 13.1. The number of hydrogen-bond acceptors (Lipinski definition) is 4. The summed E-state index contributed by atoms with van der Waals surface area (Å²) in [4.78, 5) is 11.8. The number of rotatable bonds is 4. The smallest absolute Gasteiger partial charge is 0.340 e. The Morgan fingerprint density at radius 3 is 2.55 bits per heavy atom. The molecule has 0 fully saturated rings. The molecule has 0 saturated heterocycles. The van der Waals surface area contributed by atoms with E-state index in [-0.39, 0.29) is 17.9 Å². The second kappa shape index (κ2) is 6.06. The molecule has 5 heteroatoms. The Labute approximate surface area is 115 Å². The van der Waals surface area contributed by atoms with E-state index in [0.29, 0.717) is 0 Å². The second-order valence-corrected chi connectivity index (χ2v) is 4.16. The Hall–Kier alpha value is -2.56. The molecule has 0 unspecified atom stereocenters. The van der Waals surface area contributed by atoms with Gasteiger partial charge in [0.1, 0.15) is 18.2 Å².